The molecular weight excluding hydrogens is 435 g/mol. The van der Waals surface area contributed by atoms with Gasteiger partial charge >= 0.3 is 6.18 Å². The summed E-state index contributed by atoms with van der Waals surface area (Å²) in [5.41, 5.74) is -0.393. The normalized spacial score (nSPS) is 18.9. The lowest BCUT2D eigenvalue weighted by Crippen LogP contribution is -2.25. The van der Waals surface area contributed by atoms with Crippen LogP contribution >= 0.6 is 0 Å². The van der Waals surface area contributed by atoms with E-state index in [1.165, 1.54) is 13.2 Å². The Hall–Kier alpha value is -3.14. The highest BCUT2D eigenvalue weighted by Crippen LogP contribution is 2.35. The molecule has 2 heterocycles. The standard InChI is InChI=1S/C23H26F3N5O2/c1-27-12-14-6-8-16(9-7-14)31-13-15-10-19(20(33-2)11-18(15)30-31)29-22(32)17-4-3-5-21(28-17)23(24,25)26/h3-5,10-11,13-14,16,27H,6-9,12H2,1-2H3,(H,29,32). The summed E-state index contributed by atoms with van der Waals surface area (Å²) < 4.78 is 46.2. The number of benzene rings is 1. The summed E-state index contributed by atoms with van der Waals surface area (Å²) in [6.45, 7) is 1.02. The zero-order chi connectivity index (χ0) is 23.6. The molecule has 0 aliphatic heterocycles. The van der Waals surface area contributed by atoms with E-state index in [1.807, 2.05) is 17.9 Å². The van der Waals surface area contributed by atoms with Crippen LogP contribution in [-0.2, 0) is 6.18 Å². The fourth-order valence-corrected chi connectivity index (χ4v) is 4.33. The number of carbonyl (C=O) groups excluding carboxylic acids is 1. The van der Waals surface area contributed by atoms with Crippen LogP contribution in [0, 0.1) is 5.92 Å². The minimum Gasteiger partial charge on any atom is -0.494 e. The molecule has 0 saturated heterocycles. The van der Waals surface area contributed by atoms with Crippen LogP contribution < -0.4 is 15.4 Å². The summed E-state index contributed by atoms with van der Waals surface area (Å²) >= 11 is 0. The Balaban J connectivity index is 1.55. The molecule has 0 bridgehead atoms. The first-order chi connectivity index (χ1) is 15.8. The number of pyridine rings is 1. The molecule has 0 unspecified atom stereocenters. The number of hydrogen-bond acceptors (Lipinski definition) is 5. The van der Waals surface area contributed by atoms with Crippen LogP contribution in [0.5, 0.6) is 5.75 Å². The third-order valence-electron chi connectivity index (χ3n) is 6.05. The SMILES string of the molecule is CNCC1CCC(n2cc3cc(NC(=O)c4cccc(C(F)(F)F)n4)c(OC)cc3n2)CC1. The summed E-state index contributed by atoms with van der Waals surface area (Å²) in [5.74, 6) is 0.294. The van der Waals surface area contributed by atoms with Crippen molar-refractivity contribution in [1.82, 2.24) is 20.1 Å². The van der Waals surface area contributed by atoms with Crippen molar-refractivity contribution in [3.8, 4) is 5.75 Å². The van der Waals surface area contributed by atoms with Crippen LogP contribution in [0.15, 0.2) is 36.5 Å². The molecule has 1 aliphatic rings. The quantitative estimate of drug-likeness (QED) is 0.558. The topological polar surface area (TPSA) is 81.1 Å². The number of fused-ring (bicyclic) bond motifs is 1. The number of halogens is 3. The Morgan fingerprint density at radius 3 is 2.64 bits per heavy atom. The third kappa shape index (κ3) is 5.11. The molecule has 0 radical (unpaired) electrons. The highest BCUT2D eigenvalue weighted by atomic mass is 19.4. The van der Waals surface area contributed by atoms with Gasteiger partial charge in [-0.3, -0.25) is 9.48 Å². The molecule has 10 heteroatoms. The van der Waals surface area contributed by atoms with E-state index in [1.54, 1.807) is 12.1 Å². The molecule has 33 heavy (non-hydrogen) atoms. The predicted molar refractivity (Wildman–Crippen MR) is 118 cm³/mol. The van der Waals surface area contributed by atoms with E-state index in [0.29, 0.717) is 23.4 Å². The smallest absolute Gasteiger partial charge is 0.433 e. The second-order valence-electron chi connectivity index (χ2n) is 8.31. The van der Waals surface area contributed by atoms with Crippen LogP contribution in [0.4, 0.5) is 18.9 Å². The molecule has 4 rings (SSSR count). The van der Waals surface area contributed by atoms with Gasteiger partial charge in [-0.15, -0.1) is 0 Å². The van der Waals surface area contributed by atoms with Gasteiger partial charge in [-0.25, -0.2) is 4.98 Å². The Kier molecular flexibility index (Phi) is 6.55. The Morgan fingerprint density at radius 1 is 1.21 bits per heavy atom. The number of rotatable bonds is 6. The van der Waals surface area contributed by atoms with Crippen molar-refractivity contribution < 1.29 is 22.7 Å². The molecule has 0 atom stereocenters. The van der Waals surface area contributed by atoms with Gasteiger partial charge in [-0.2, -0.15) is 18.3 Å². The van der Waals surface area contributed by atoms with Crippen molar-refractivity contribution in [1.29, 1.82) is 0 Å². The highest BCUT2D eigenvalue weighted by Gasteiger charge is 2.33. The third-order valence-corrected chi connectivity index (χ3v) is 6.05. The first kappa shape index (κ1) is 23.0. The molecular formula is C23H26F3N5O2. The summed E-state index contributed by atoms with van der Waals surface area (Å²) in [5, 5.41) is 11.4. The molecule has 1 fully saturated rings. The number of nitrogens with zero attached hydrogens (tertiary/aromatic N) is 3. The maximum atomic E-state index is 12.9. The van der Waals surface area contributed by atoms with Gasteiger partial charge in [0.25, 0.3) is 5.91 Å². The maximum Gasteiger partial charge on any atom is 0.433 e. The lowest BCUT2D eigenvalue weighted by molar-refractivity contribution is -0.141. The number of ether oxygens (including phenoxy) is 1. The van der Waals surface area contributed by atoms with E-state index in [2.05, 4.69) is 15.6 Å². The second-order valence-corrected chi connectivity index (χ2v) is 8.31. The summed E-state index contributed by atoms with van der Waals surface area (Å²) in [4.78, 5) is 16.1. The summed E-state index contributed by atoms with van der Waals surface area (Å²) in [7, 11) is 3.43. The van der Waals surface area contributed by atoms with Crippen molar-refractivity contribution in [2.24, 2.45) is 5.92 Å². The van der Waals surface area contributed by atoms with Crippen LogP contribution in [0.25, 0.3) is 10.9 Å². The van der Waals surface area contributed by atoms with E-state index in [0.717, 1.165) is 55.3 Å². The Bertz CT molecular complexity index is 1140. The van der Waals surface area contributed by atoms with Gasteiger partial charge in [-0.1, -0.05) is 6.07 Å². The number of aromatic nitrogens is 3. The van der Waals surface area contributed by atoms with Gasteiger partial charge in [0, 0.05) is 17.6 Å². The van der Waals surface area contributed by atoms with E-state index in [9.17, 15) is 18.0 Å². The zero-order valence-electron chi connectivity index (χ0n) is 18.4. The van der Waals surface area contributed by atoms with Crippen molar-refractivity contribution in [2.75, 3.05) is 26.0 Å². The number of amides is 1. The van der Waals surface area contributed by atoms with Gasteiger partial charge < -0.3 is 15.4 Å². The molecule has 0 spiro atoms. The maximum absolute atomic E-state index is 12.9. The zero-order valence-corrected chi connectivity index (χ0v) is 18.4. The van der Waals surface area contributed by atoms with Crippen molar-refractivity contribution in [3.63, 3.8) is 0 Å². The fourth-order valence-electron chi connectivity index (χ4n) is 4.33. The largest absolute Gasteiger partial charge is 0.494 e. The number of hydrogen-bond donors (Lipinski definition) is 2. The van der Waals surface area contributed by atoms with Crippen LogP contribution in [0.2, 0.25) is 0 Å². The van der Waals surface area contributed by atoms with Gasteiger partial charge in [0.2, 0.25) is 0 Å². The average molecular weight is 461 g/mol. The van der Waals surface area contributed by atoms with Crippen molar-refractivity contribution in [3.05, 3.63) is 47.9 Å². The molecule has 2 aromatic heterocycles. The summed E-state index contributed by atoms with van der Waals surface area (Å²) in [6.07, 6.45) is 1.67. The molecule has 2 N–H and O–H groups in total. The van der Waals surface area contributed by atoms with Crippen LogP contribution in [0.3, 0.4) is 0 Å². The van der Waals surface area contributed by atoms with E-state index in [-0.39, 0.29) is 5.69 Å². The van der Waals surface area contributed by atoms with E-state index in [4.69, 9.17) is 9.84 Å². The first-order valence-corrected chi connectivity index (χ1v) is 10.9. The molecule has 176 valence electrons. The molecule has 1 amide bonds. The van der Waals surface area contributed by atoms with Crippen LogP contribution in [0.1, 0.15) is 47.9 Å². The van der Waals surface area contributed by atoms with Crippen molar-refractivity contribution >= 4 is 22.5 Å². The molecule has 3 aromatic rings. The minimum absolute atomic E-state index is 0.309. The number of anilines is 1. The monoisotopic (exact) mass is 461 g/mol. The average Bonchev–Trinajstić information content (AvgIpc) is 3.21. The second kappa shape index (κ2) is 9.38. The highest BCUT2D eigenvalue weighted by molar-refractivity contribution is 6.05. The Labute approximate surface area is 189 Å². The fraction of sp³-hybridized carbons (Fsp3) is 0.435. The van der Waals surface area contributed by atoms with Gasteiger partial charge in [0.1, 0.15) is 17.1 Å². The van der Waals surface area contributed by atoms with E-state index >= 15 is 0 Å². The van der Waals surface area contributed by atoms with Gasteiger partial charge in [0.15, 0.2) is 0 Å². The molecule has 1 aromatic carbocycles. The number of carbonyl (C=O) groups is 1. The Morgan fingerprint density at radius 2 is 1.97 bits per heavy atom. The number of nitrogens with one attached hydrogen (secondary N) is 2. The van der Waals surface area contributed by atoms with Gasteiger partial charge in [0.05, 0.1) is 24.4 Å². The number of alkyl halides is 3. The lowest BCUT2D eigenvalue weighted by atomic mass is 9.86. The summed E-state index contributed by atoms with van der Waals surface area (Å²) in [6, 6.07) is 6.95. The van der Waals surface area contributed by atoms with Crippen molar-refractivity contribution in [2.45, 2.75) is 37.9 Å². The van der Waals surface area contributed by atoms with Crippen LogP contribution in [-0.4, -0.2) is 41.4 Å². The molecule has 1 aliphatic carbocycles. The minimum atomic E-state index is -4.63. The molecule has 1 saturated carbocycles. The van der Waals surface area contributed by atoms with Gasteiger partial charge in [-0.05, 0) is 63.4 Å². The van der Waals surface area contributed by atoms with E-state index < -0.39 is 17.8 Å². The lowest BCUT2D eigenvalue weighted by Gasteiger charge is -2.28. The molecule has 7 nitrogen and oxygen atoms in total. The predicted octanol–water partition coefficient (Wildman–Crippen LogP) is 4.66. The number of methoxy groups -OCH3 is 1. The first-order valence-electron chi connectivity index (χ1n) is 10.9.